The average molecular weight is 149 g/mol. The Morgan fingerprint density at radius 2 is 2.27 bits per heavy atom. The summed E-state index contributed by atoms with van der Waals surface area (Å²) in [6.07, 6.45) is 1.88. The maximum atomic E-state index is 11.3. The second-order valence-corrected chi connectivity index (χ2v) is 2.79. The summed E-state index contributed by atoms with van der Waals surface area (Å²) >= 11 is 0. The molecule has 2 nitrogen and oxygen atoms in total. The lowest BCUT2D eigenvalue weighted by Gasteiger charge is -2.03. The minimum atomic E-state index is 0.123. The summed E-state index contributed by atoms with van der Waals surface area (Å²) in [5, 5.41) is 0. The van der Waals surface area contributed by atoms with Gasteiger partial charge in [-0.05, 0) is 24.9 Å². The zero-order chi connectivity index (χ0) is 8.43. The Morgan fingerprint density at radius 1 is 1.64 bits per heavy atom. The van der Waals surface area contributed by atoms with Crippen LogP contribution in [0.5, 0.6) is 0 Å². The third-order valence-corrected chi connectivity index (χ3v) is 1.74. The van der Waals surface area contributed by atoms with Crippen molar-refractivity contribution in [2.75, 3.05) is 0 Å². The van der Waals surface area contributed by atoms with Gasteiger partial charge in [0.15, 0.2) is 0 Å². The molecule has 0 saturated carbocycles. The summed E-state index contributed by atoms with van der Waals surface area (Å²) in [5.41, 5.74) is 2.09. The van der Waals surface area contributed by atoms with E-state index in [4.69, 9.17) is 0 Å². The van der Waals surface area contributed by atoms with Crippen molar-refractivity contribution in [2.24, 2.45) is 0 Å². The Morgan fingerprint density at radius 3 is 2.82 bits per heavy atom. The van der Waals surface area contributed by atoms with Crippen LogP contribution in [0.25, 0.3) is 0 Å². The average Bonchev–Trinajstić information content (AvgIpc) is 1.96. The first-order valence-electron chi connectivity index (χ1n) is 3.83. The van der Waals surface area contributed by atoms with Crippen LogP contribution in [-0.4, -0.2) is 12.4 Å². The predicted molar refractivity (Wildman–Crippen MR) is 49.3 cm³/mol. The summed E-state index contributed by atoms with van der Waals surface area (Å²) in [7, 11) is 1.85. The summed E-state index contributed by atoms with van der Waals surface area (Å²) in [4.78, 5) is 11.3. The van der Waals surface area contributed by atoms with Gasteiger partial charge in [0.25, 0.3) is 0 Å². The van der Waals surface area contributed by atoms with E-state index in [-0.39, 0.29) is 5.56 Å². The minimum absolute atomic E-state index is 0.123. The van der Waals surface area contributed by atoms with E-state index < -0.39 is 0 Å². The van der Waals surface area contributed by atoms with Gasteiger partial charge in [-0.2, -0.15) is 0 Å². The van der Waals surface area contributed by atoms with Gasteiger partial charge in [-0.1, -0.05) is 6.07 Å². The second kappa shape index (κ2) is 2.95. The topological polar surface area (TPSA) is 22.0 Å². The molecule has 1 heterocycles. The van der Waals surface area contributed by atoms with Crippen LogP contribution >= 0.6 is 0 Å². The van der Waals surface area contributed by atoms with Gasteiger partial charge in [0.1, 0.15) is 7.85 Å². The van der Waals surface area contributed by atoms with Crippen LogP contribution in [0.4, 0.5) is 0 Å². The first-order chi connectivity index (χ1) is 5.15. The lowest BCUT2D eigenvalue weighted by atomic mass is 9.97. The molecule has 0 aliphatic carbocycles. The van der Waals surface area contributed by atoms with Gasteiger partial charge in [-0.15, -0.1) is 0 Å². The molecule has 0 aliphatic heterocycles. The third-order valence-electron chi connectivity index (χ3n) is 1.74. The number of aromatic nitrogens is 1. The van der Waals surface area contributed by atoms with E-state index in [0.29, 0.717) is 0 Å². The normalized spacial score (nSPS) is 10.0. The van der Waals surface area contributed by atoms with Crippen LogP contribution in [0.2, 0.25) is 0 Å². The van der Waals surface area contributed by atoms with Gasteiger partial charge in [0, 0.05) is 12.7 Å². The molecule has 0 radical (unpaired) electrons. The monoisotopic (exact) mass is 149 g/mol. The van der Waals surface area contributed by atoms with E-state index in [9.17, 15) is 4.79 Å². The van der Waals surface area contributed by atoms with E-state index in [1.165, 1.54) is 0 Å². The molecule has 0 bridgehead atoms. The Balaban J connectivity index is 3.37. The molecule has 3 heteroatoms. The molecule has 0 aliphatic rings. The van der Waals surface area contributed by atoms with E-state index >= 15 is 0 Å². The zero-order valence-electron chi connectivity index (χ0n) is 7.22. The highest BCUT2D eigenvalue weighted by atomic mass is 16.1. The Hall–Kier alpha value is -0.985. The smallest absolute Gasteiger partial charge is 0.244 e. The summed E-state index contributed by atoms with van der Waals surface area (Å²) in [5.74, 6) is 0. The molecule has 0 atom stereocenters. The van der Waals surface area contributed by atoms with Crippen LogP contribution in [0, 0.1) is 6.92 Å². The standard InChI is InChI=1S/C8H12BNO/c1-3-10-5-6(2)4-7(9)8(10)11/h4-5H,3,9H2,1-2H3. The molecule has 11 heavy (non-hydrogen) atoms. The molecule has 0 amide bonds. The van der Waals surface area contributed by atoms with Crippen molar-refractivity contribution in [3.05, 3.63) is 28.2 Å². The van der Waals surface area contributed by atoms with Crippen LogP contribution in [0.3, 0.4) is 0 Å². The fraction of sp³-hybridized carbons (Fsp3) is 0.375. The Bertz CT molecular complexity index is 316. The number of rotatable bonds is 1. The summed E-state index contributed by atoms with van der Waals surface area (Å²) in [6.45, 7) is 4.72. The Kier molecular flexibility index (Phi) is 2.18. The molecule has 58 valence electrons. The molecule has 1 aromatic rings. The maximum absolute atomic E-state index is 11.3. The quantitative estimate of drug-likeness (QED) is 0.490. The molecule has 0 spiro atoms. The number of hydrogen-bond acceptors (Lipinski definition) is 1. The van der Waals surface area contributed by atoms with E-state index in [2.05, 4.69) is 0 Å². The van der Waals surface area contributed by atoms with E-state index in [1.807, 2.05) is 34.0 Å². The maximum Gasteiger partial charge on any atom is 0.244 e. The highest BCUT2D eigenvalue weighted by molar-refractivity contribution is 6.32. The van der Waals surface area contributed by atoms with E-state index in [0.717, 1.165) is 17.6 Å². The van der Waals surface area contributed by atoms with Crippen molar-refractivity contribution in [2.45, 2.75) is 20.4 Å². The number of hydrogen-bond donors (Lipinski definition) is 0. The van der Waals surface area contributed by atoms with E-state index in [1.54, 1.807) is 4.57 Å². The van der Waals surface area contributed by atoms with Crippen molar-refractivity contribution in [1.82, 2.24) is 4.57 Å². The zero-order valence-corrected chi connectivity index (χ0v) is 7.22. The van der Waals surface area contributed by atoms with Crippen molar-refractivity contribution in [1.29, 1.82) is 0 Å². The molecule has 0 N–H and O–H groups in total. The highest BCUT2D eigenvalue weighted by Gasteiger charge is 1.97. The van der Waals surface area contributed by atoms with Gasteiger partial charge in [0.2, 0.25) is 5.56 Å². The Labute approximate surface area is 67.3 Å². The predicted octanol–water partition coefficient (Wildman–Crippen LogP) is -0.565. The fourth-order valence-corrected chi connectivity index (χ4v) is 1.21. The van der Waals surface area contributed by atoms with Gasteiger partial charge in [-0.25, -0.2) is 0 Å². The first-order valence-corrected chi connectivity index (χ1v) is 3.83. The second-order valence-electron chi connectivity index (χ2n) is 2.79. The lowest BCUT2D eigenvalue weighted by Crippen LogP contribution is -2.34. The summed E-state index contributed by atoms with van der Waals surface area (Å²) < 4.78 is 1.73. The van der Waals surface area contributed by atoms with Gasteiger partial charge in [-0.3, -0.25) is 4.79 Å². The minimum Gasteiger partial charge on any atom is -0.316 e. The highest BCUT2D eigenvalue weighted by Crippen LogP contribution is 1.88. The van der Waals surface area contributed by atoms with Crippen molar-refractivity contribution in [3.63, 3.8) is 0 Å². The molecular weight excluding hydrogens is 137 g/mol. The van der Waals surface area contributed by atoms with Gasteiger partial charge < -0.3 is 4.57 Å². The largest absolute Gasteiger partial charge is 0.316 e. The number of nitrogens with zero attached hydrogens (tertiary/aromatic N) is 1. The molecule has 1 aromatic heterocycles. The molecule has 0 unspecified atom stereocenters. The van der Waals surface area contributed by atoms with Crippen LogP contribution in [0.15, 0.2) is 17.1 Å². The molecular formula is C8H12BNO. The first kappa shape index (κ1) is 8.11. The van der Waals surface area contributed by atoms with Crippen LogP contribution in [-0.2, 0) is 6.54 Å². The number of pyridine rings is 1. The molecule has 1 rings (SSSR count). The van der Waals surface area contributed by atoms with Crippen molar-refractivity contribution >= 4 is 13.3 Å². The lowest BCUT2D eigenvalue weighted by molar-refractivity contribution is 0.727. The van der Waals surface area contributed by atoms with Crippen LogP contribution < -0.4 is 11.0 Å². The van der Waals surface area contributed by atoms with Crippen molar-refractivity contribution < 1.29 is 0 Å². The molecule has 0 aromatic carbocycles. The van der Waals surface area contributed by atoms with Gasteiger partial charge >= 0.3 is 0 Å². The fourth-order valence-electron chi connectivity index (χ4n) is 1.21. The van der Waals surface area contributed by atoms with Crippen LogP contribution in [0.1, 0.15) is 12.5 Å². The third kappa shape index (κ3) is 1.53. The van der Waals surface area contributed by atoms with Gasteiger partial charge in [0.05, 0.1) is 0 Å². The SMILES string of the molecule is Bc1cc(C)cn(CC)c1=O. The number of aryl methyl sites for hydroxylation is 2. The molecule has 0 fully saturated rings. The van der Waals surface area contributed by atoms with Crippen molar-refractivity contribution in [3.8, 4) is 0 Å². The molecule has 0 saturated heterocycles. The summed E-state index contributed by atoms with van der Waals surface area (Å²) in [6, 6.07) is 1.91.